The van der Waals surface area contributed by atoms with Crippen LogP contribution in [0.1, 0.15) is 38.7 Å². The van der Waals surface area contributed by atoms with Crippen LogP contribution in [0.3, 0.4) is 0 Å². The normalized spacial score (nSPS) is 12.4. The zero-order valence-corrected chi connectivity index (χ0v) is 10.5. The first kappa shape index (κ1) is 13.0. The molecule has 0 saturated heterocycles. The molecule has 0 amide bonds. The number of nitrogens with one attached hydrogen (secondary N) is 1. The van der Waals surface area contributed by atoms with Gasteiger partial charge in [-0.1, -0.05) is 13.8 Å². The minimum Gasteiger partial charge on any atom is -0.492 e. The molecule has 16 heavy (non-hydrogen) atoms. The number of hydrogen-bond donors (Lipinski definition) is 1. The molecule has 1 N–H and O–H groups in total. The average Bonchev–Trinajstić information content (AvgIpc) is 2.30. The Morgan fingerprint density at radius 1 is 1.38 bits per heavy atom. The summed E-state index contributed by atoms with van der Waals surface area (Å²) in [5.74, 6) is 1.39. The van der Waals surface area contributed by atoms with Crippen LogP contribution < -0.4 is 10.1 Å². The van der Waals surface area contributed by atoms with Crippen molar-refractivity contribution in [1.29, 1.82) is 0 Å². The quantitative estimate of drug-likeness (QED) is 0.720. The fourth-order valence-corrected chi connectivity index (χ4v) is 1.61. The Hall–Kier alpha value is -1.09. The van der Waals surface area contributed by atoms with Gasteiger partial charge in [0.1, 0.15) is 5.75 Å². The maximum Gasteiger partial charge on any atom is 0.137 e. The molecule has 0 saturated carbocycles. The smallest absolute Gasteiger partial charge is 0.137 e. The van der Waals surface area contributed by atoms with E-state index in [0.29, 0.717) is 12.5 Å². The Morgan fingerprint density at radius 2 is 2.19 bits per heavy atom. The van der Waals surface area contributed by atoms with Crippen molar-refractivity contribution in [2.45, 2.75) is 33.1 Å². The van der Waals surface area contributed by atoms with Gasteiger partial charge in [-0.3, -0.25) is 4.98 Å². The van der Waals surface area contributed by atoms with E-state index < -0.39 is 0 Å². The van der Waals surface area contributed by atoms with E-state index >= 15 is 0 Å². The van der Waals surface area contributed by atoms with E-state index in [0.717, 1.165) is 25.3 Å². The van der Waals surface area contributed by atoms with Crippen LogP contribution in [0.25, 0.3) is 0 Å². The summed E-state index contributed by atoms with van der Waals surface area (Å²) >= 11 is 0. The zero-order valence-electron chi connectivity index (χ0n) is 10.5. The summed E-state index contributed by atoms with van der Waals surface area (Å²) < 4.78 is 5.44. The molecular weight excluding hydrogens is 200 g/mol. The summed E-state index contributed by atoms with van der Waals surface area (Å²) in [5, 5.41) is 3.34. The molecule has 1 unspecified atom stereocenters. The number of ether oxygens (including phenoxy) is 1. The molecule has 1 aromatic rings. The van der Waals surface area contributed by atoms with Crippen LogP contribution in [0, 0.1) is 0 Å². The lowest BCUT2D eigenvalue weighted by Crippen LogP contribution is -2.16. The van der Waals surface area contributed by atoms with Crippen molar-refractivity contribution in [1.82, 2.24) is 10.3 Å². The summed E-state index contributed by atoms with van der Waals surface area (Å²) in [7, 11) is 0. The van der Waals surface area contributed by atoms with Crippen molar-refractivity contribution in [3.63, 3.8) is 0 Å². The molecule has 3 heteroatoms. The molecule has 0 fully saturated rings. The monoisotopic (exact) mass is 222 g/mol. The predicted molar refractivity (Wildman–Crippen MR) is 67.0 cm³/mol. The van der Waals surface area contributed by atoms with Gasteiger partial charge in [0.05, 0.1) is 12.8 Å². The van der Waals surface area contributed by atoms with E-state index in [4.69, 9.17) is 4.74 Å². The van der Waals surface area contributed by atoms with Gasteiger partial charge in [-0.25, -0.2) is 0 Å². The summed E-state index contributed by atoms with van der Waals surface area (Å²) in [6, 6.07) is 2.09. The van der Waals surface area contributed by atoms with Crippen molar-refractivity contribution in [3.05, 3.63) is 24.0 Å². The number of rotatable bonds is 7. The maximum atomic E-state index is 5.44. The minimum atomic E-state index is 0.520. The van der Waals surface area contributed by atoms with Crippen molar-refractivity contribution in [3.8, 4) is 5.75 Å². The van der Waals surface area contributed by atoms with Gasteiger partial charge < -0.3 is 10.1 Å². The molecule has 90 valence electrons. The third-order valence-corrected chi connectivity index (χ3v) is 2.62. The molecule has 0 bridgehead atoms. The highest BCUT2D eigenvalue weighted by Crippen LogP contribution is 2.21. The fraction of sp³-hybridized carbons (Fsp3) is 0.615. The predicted octanol–water partition coefficient (Wildman–Crippen LogP) is 2.58. The highest BCUT2D eigenvalue weighted by Gasteiger charge is 2.06. The number of hydrogen-bond acceptors (Lipinski definition) is 3. The second kappa shape index (κ2) is 7.23. The SMILES string of the molecule is CCNCCC(C)c1cncc(OCC)c1. The van der Waals surface area contributed by atoms with Crippen molar-refractivity contribution < 1.29 is 4.74 Å². The lowest BCUT2D eigenvalue weighted by atomic mass is 9.99. The third-order valence-electron chi connectivity index (χ3n) is 2.62. The Kier molecular flexibility index (Phi) is 5.86. The van der Waals surface area contributed by atoms with Gasteiger partial charge in [0, 0.05) is 6.20 Å². The van der Waals surface area contributed by atoms with Gasteiger partial charge in [0.15, 0.2) is 0 Å². The van der Waals surface area contributed by atoms with Crippen LogP contribution in [0.5, 0.6) is 5.75 Å². The first-order valence-corrected chi connectivity index (χ1v) is 6.06. The van der Waals surface area contributed by atoms with Crippen LogP contribution >= 0.6 is 0 Å². The molecule has 1 aromatic heterocycles. The molecule has 0 aliphatic heterocycles. The zero-order chi connectivity index (χ0) is 11.8. The molecule has 1 heterocycles. The molecule has 3 nitrogen and oxygen atoms in total. The van der Waals surface area contributed by atoms with Crippen molar-refractivity contribution >= 4 is 0 Å². The summed E-state index contributed by atoms with van der Waals surface area (Å²) in [6.07, 6.45) is 4.83. The van der Waals surface area contributed by atoms with Crippen molar-refractivity contribution in [2.75, 3.05) is 19.7 Å². The molecule has 0 spiro atoms. The van der Waals surface area contributed by atoms with E-state index in [9.17, 15) is 0 Å². The average molecular weight is 222 g/mol. The molecule has 0 aromatic carbocycles. The van der Waals surface area contributed by atoms with E-state index in [1.54, 1.807) is 6.20 Å². The van der Waals surface area contributed by atoms with E-state index in [1.807, 2.05) is 13.1 Å². The van der Waals surface area contributed by atoms with Gasteiger partial charge in [-0.05, 0) is 44.0 Å². The van der Waals surface area contributed by atoms with Gasteiger partial charge >= 0.3 is 0 Å². The van der Waals surface area contributed by atoms with Gasteiger partial charge in [-0.15, -0.1) is 0 Å². The van der Waals surface area contributed by atoms with Crippen LogP contribution in [0.4, 0.5) is 0 Å². The first-order chi connectivity index (χ1) is 7.77. The molecule has 0 radical (unpaired) electrons. The largest absolute Gasteiger partial charge is 0.492 e. The van der Waals surface area contributed by atoms with Gasteiger partial charge in [-0.2, -0.15) is 0 Å². The van der Waals surface area contributed by atoms with Crippen LogP contribution in [-0.4, -0.2) is 24.7 Å². The molecule has 1 atom stereocenters. The lowest BCUT2D eigenvalue weighted by Gasteiger charge is -2.12. The molecule has 0 aliphatic rings. The number of aromatic nitrogens is 1. The van der Waals surface area contributed by atoms with Gasteiger partial charge in [0.2, 0.25) is 0 Å². The topological polar surface area (TPSA) is 34.2 Å². The minimum absolute atomic E-state index is 0.520. The standard InChI is InChI=1S/C13H22N2O/c1-4-14-7-6-11(3)12-8-13(16-5-2)10-15-9-12/h8-11,14H,4-7H2,1-3H3. The summed E-state index contributed by atoms with van der Waals surface area (Å²) in [4.78, 5) is 4.21. The van der Waals surface area contributed by atoms with Crippen LogP contribution in [0.15, 0.2) is 18.5 Å². The van der Waals surface area contributed by atoms with Gasteiger partial charge in [0.25, 0.3) is 0 Å². The van der Waals surface area contributed by atoms with Crippen LogP contribution in [-0.2, 0) is 0 Å². The maximum absolute atomic E-state index is 5.44. The number of nitrogens with zero attached hydrogens (tertiary/aromatic N) is 1. The first-order valence-electron chi connectivity index (χ1n) is 6.06. The molecule has 0 aliphatic carbocycles. The van der Waals surface area contributed by atoms with E-state index in [1.165, 1.54) is 5.56 Å². The molecule has 1 rings (SSSR count). The number of pyridine rings is 1. The highest BCUT2D eigenvalue weighted by molar-refractivity contribution is 5.25. The third kappa shape index (κ3) is 4.19. The second-order valence-corrected chi connectivity index (χ2v) is 3.93. The Labute approximate surface area is 98.2 Å². The van der Waals surface area contributed by atoms with E-state index in [-0.39, 0.29) is 0 Å². The fourth-order valence-electron chi connectivity index (χ4n) is 1.61. The Balaban J connectivity index is 2.53. The summed E-state index contributed by atoms with van der Waals surface area (Å²) in [5.41, 5.74) is 1.25. The lowest BCUT2D eigenvalue weighted by molar-refractivity contribution is 0.338. The highest BCUT2D eigenvalue weighted by atomic mass is 16.5. The summed E-state index contributed by atoms with van der Waals surface area (Å²) in [6.45, 7) is 9.12. The Morgan fingerprint density at radius 3 is 2.88 bits per heavy atom. The van der Waals surface area contributed by atoms with Crippen LogP contribution in [0.2, 0.25) is 0 Å². The van der Waals surface area contributed by atoms with E-state index in [2.05, 4.69) is 30.2 Å². The molecular formula is C13H22N2O. The van der Waals surface area contributed by atoms with Crippen molar-refractivity contribution in [2.24, 2.45) is 0 Å². The Bertz CT molecular complexity index is 302. The second-order valence-electron chi connectivity index (χ2n) is 3.93.